The minimum atomic E-state index is -3.96. The normalized spacial score (nSPS) is 13.2. The Hall–Kier alpha value is -1.09. The molecule has 2 aromatic carbocycles. The molecule has 112 valence electrons. The van der Waals surface area contributed by atoms with Crippen LogP contribution < -0.4 is 4.72 Å². The first-order chi connectivity index (χ1) is 9.86. The lowest BCUT2D eigenvalue weighted by molar-refractivity contribution is -0.138. The summed E-state index contributed by atoms with van der Waals surface area (Å²) in [7, 11) is -3.96. The molecule has 0 aliphatic carbocycles. The van der Waals surface area contributed by atoms with E-state index in [-0.39, 0.29) is 10.6 Å². The molecule has 2 aromatic rings. The van der Waals surface area contributed by atoms with Crippen LogP contribution in [0.1, 0.15) is 0 Å². The summed E-state index contributed by atoms with van der Waals surface area (Å²) < 4.78 is 27.7. The third kappa shape index (κ3) is 3.39. The van der Waals surface area contributed by atoms with Crippen LogP contribution in [0.3, 0.4) is 0 Å². The Balaban J connectivity index is 2.56. The summed E-state index contributed by atoms with van der Waals surface area (Å²) in [6.07, 6.45) is 0. The van der Waals surface area contributed by atoms with Crippen molar-refractivity contribution >= 4 is 55.3 Å². The van der Waals surface area contributed by atoms with Crippen molar-refractivity contribution in [2.45, 2.75) is 10.9 Å². The first-order valence-corrected chi connectivity index (χ1v) is 8.81. The van der Waals surface area contributed by atoms with Gasteiger partial charge in [0.15, 0.2) is 0 Å². The Morgan fingerprint density at radius 2 is 1.86 bits per heavy atom. The molecule has 0 radical (unpaired) electrons. The van der Waals surface area contributed by atoms with E-state index in [9.17, 15) is 13.2 Å². The summed E-state index contributed by atoms with van der Waals surface area (Å²) in [6, 6.07) is 8.75. The molecule has 0 aromatic heterocycles. The maximum absolute atomic E-state index is 12.4. The van der Waals surface area contributed by atoms with Crippen LogP contribution in [0.4, 0.5) is 0 Å². The van der Waals surface area contributed by atoms with Crippen LogP contribution in [-0.4, -0.2) is 31.3 Å². The first-order valence-electron chi connectivity index (χ1n) is 5.90. The van der Waals surface area contributed by atoms with E-state index in [1.807, 2.05) is 0 Å². The molecular formula is C13H12BrNO4S2. The van der Waals surface area contributed by atoms with Gasteiger partial charge in [-0.05, 0) is 17.5 Å². The monoisotopic (exact) mass is 389 g/mol. The van der Waals surface area contributed by atoms with Crippen molar-refractivity contribution in [3.8, 4) is 0 Å². The minimum absolute atomic E-state index is 0.0364. The van der Waals surface area contributed by atoms with Crippen molar-refractivity contribution < 1.29 is 18.3 Å². The van der Waals surface area contributed by atoms with Gasteiger partial charge >= 0.3 is 5.97 Å². The summed E-state index contributed by atoms with van der Waals surface area (Å²) in [4.78, 5) is 11.0. The summed E-state index contributed by atoms with van der Waals surface area (Å²) in [5.41, 5.74) is 0. The van der Waals surface area contributed by atoms with Crippen molar-refractivity contribution in [1.82, 2.24) is 4.72 Å². The van der Waals surface area contributed by atoms with Gasteiger partial charge in [0, 0.05) is 15.6 Å². The van der Waals surface area contributed by atoms with E-state index < -0.39 is 22.0 Å². The van der Waals surface area contributed by atoms with Crippen molar-refractivity contribution in [2.24, 2.45) is 0 Å². The average molecular weight is 390 g/mol. The van der Waals surface area contributed by atoms with E-state index in [0.717, 1.165) is 9.86 Å². The number of aliphatic carboxylic acids is 1. The second-order valence-corrected chi connectivity index (χ2v) is 7.19. The first kappa shape index (κ1) is 16.3. The van der Waals surface area contributed by atoms with Gasteiger partial charge in [-0.3, -0.25) is 4.79 Å². The number of fused-ring (bicyclic) bond motifs is 1. The molecule has 0 aliphatic heterocycles. The molecule has 1 unspecified atom stereocenters. The van der Waals surface area contributed by atoms with Crippen LogP contribution in [0.15, 0.2) is 45.8 Å². The van der Waals surface area contributed by atoms with Gasteiger partial charge in [-0.25, -0.2) is 8.42 Å². The molecule has 0 amide bonds. The maximum Gasteiger partial charge on any atom is 0.322 e. The largest absolute Gasteiger partial charge is 0.480 e. The maximum atomic E-state index is 12.4. The van der Waals surface area contributed by atoms with Gasteiger partial charge in [0.25, 0.3) is 0 Å². The second kappa shape index (κ2) is 6.35. The number of hydrogen-bond donors (Lipinski definition) is 3. The van der Waals surface area contributed by atoms with Crippen LogP contribution in [0.5, 0.6) is 0 Å². The molecule has 0 aliphatic rings. The quantitative estimate of drug-likeness (QED) is 0.684. The van der Waals surface area contributed by atoms with Gasteiger partial charge in [0.1, 0.15) is 6.04 Å². The molecule has 0 bridgehead atoms. The topological polar surface area (TPSA) is 83.5 Å². The van der Waals surface area contributed by atoms with Gasteiger partial charge in [0.05, 0.1) is 4.90 Å². The Labute approximate surface area is 135 Å². The van der Waals surface area contributed by atoms with Crippen LogP contribution >= 0.6 is 28.6 Å². The molecule has 2 rings (SSSR count). The predicted molar refractivity (Wildman–Crippen MR) is 87.2 cm³/mol. The number of sulfonamides is 1. The van der Waals surface area contributed by atoms with Crippen LogP contribution in [0.2, 0.25) is 0 Å². The predicted octanol–water partition coefficient (Wildman–Crippen LogP) is 2.26. The van der Waals surface area contributed by atoms with Crippen LogP contribution in [-0.2, 0) is 14.8 Å². The number of nitrogens with one attached hydrogen (secondary N) is 1. The summed E-state index contributed by atoms with van der Waals surface area (Å²) in [6.45, 7) is 0. The highest BCUT2D eigenvalue weighted by atomic mass is 79.9. The molecule has 21 heavy (non-hydrogen) atoms. The van der Waals surface area contributed by atoms with Crippen molar-refractivity contribution in [3.63, 3.8) is 0 Å². The number of hydrogen-bond acceptors (Lipinski definition) is 4. The highest BCUT2D eigenvalue weighted by Crippen LogP contribution is 2.29. The standard InChI is InChI=1S/C13H12BrNO4S2/c14-10-5-6-12(9-4-2-1-3-8(9)10)21(18,19)15-11(7-20)13(16)17/h1-6,11,15,20H,7H2,(H,16,17). The zero-order valence-corrected chi connectivity index (χ0v) is 14.0. The number of benzene rings is 2. The second-order valence-electron chi connectivity index (χ2n) is 4.29. The summed E-state index contributed by atoms with van der Waals surface area (Å²) >= 11 is 7.22. The molecule has 2 N–H and O–H groups in total. The van der Waals surface area contributed by atoms with E-state index >= 15 is 0 Å². The molecule has 0 fully saturated rings. The highest BCUT2D eigenvalue weighted by Gasteiger charge is 2.25. The molecule has 0 saturated carbocycles. The van der Waals surface area contributed by atoms with E-state index in [4.69, 9.17) is 5.11 Å². The van der Waals surface area contributed by atoms with Crippen molar-refractivity contribution in [3.05, 3.63) is 40.9 Å². The lowest BCUT2D eigenvalue weighted by atomic mass is 10.1. The van der Waals surface area contributed by atoms with Gasteiger partial charge in [-0.1, -0.05) is 40.2 Å². The lowest BCUT2D eigenvalue weighted by Crippen LogP contribution is -2.42. The fraction of sp³-hybridized carbons (Fsp3) is 0.154. The van der Waals surface area contributed by atoms with Crippen LogP contribution in [0, 0.1) is 0 Å². The number of carboxylic acids is 1. The van der Waals surface area contributed by atoms with Crippen molar-refractivity contribution in [1.29, 1.82) is 0 Å². The summed E-state index contributed by atoms with van der Waals surface area (Å²) in [5.74, 6) is -1.40. The third-order valence-corrected chi connectivity index (χ3v) is 5.48. The number of halogens is 1. The molecular weight excluding hydrogens is 378 g/mol. The lowest BCUT2D eigenvalue weighted by Gasteiger charge is -2.14. The van der Waals surface area contributed by atoms with E-state index in [1.54, 1.807) is 30.3 Å². The van der Waals surface area contributed by atoms with Gasteiger partial charge < -0.3 is 5.11 Å². The summed E-state index contributed by atoms with van der Waals surface area (Å²) in [5, 5.41) is 10.2. The Morgan fingerprint density at radius 1 is 1.24 bits per heavy atom. The minimum Gasteiger partial charge on any atom is -0.480 e. The number of thiol groups is 1. The zero-order valence-electron chi connectivity index (χ0n) is 10.7. The zero-order chi connectivity index (χ0) is 15.6. The van der Waals surface area contributed by atoms with Gasteiger partial charge in [0.2, 0.25) is 10.0 Å². The third-order valence-electron chi connectivity index (χ3n) is 2.90. The molecule has 1 atom stereocenters. The Kier molecular flexibility index (Phi) is 4.92. The highest BCUT2D eigenvalue weighted by molar-refractivity contribution is 9.10. The molecule has 0 saturated heterocycles. The number of carboxylic acid groups (broad SMARTS) is 1. The van der Waals surface area contributed by atoms with Crippen molar-refractivity contribution in [2.75, 3.05) is 5.75 Å². The number of carbonyl (C=O) groups is 1. The fourth-order valence-corrected chi connectivity index (χ4v) is 4.13. The Bertz CT molecular complexity index is 792. The SMILES string of the molecule is O=C(O)C(CS)NS(=O)(=O)c1ccc(Br)c2ccccc12. The average Bonchev–Trinajstić information content (AvgIpc) is 2.45. The smallest absolute Gasteiger partial charge is 0.322 e. The van der Waals surface area contributed by atoms with E-state index in [0.29, 0.717) is 5.39 Å². The Morgan fingerprint density at radius 3 is 2.43 bits per heavy atom. The van der Waals surface area contributed by atoms with Gasteiger partial charge in [-0.15, -0.1) is 0 Å². The molecule has 8 heteroatoms. The number of rotatable bonds is 5. The van der Waals surface area contributed by atoms with E-state index in [1.165, 1.54) is 6.07 Å². The van der Waals surface area contributed by atoms with E-state index in [2.05, 4.69) is 33.3 Å². The molecule has 0 heterocycles. The molecule has 5 nitrogen and oxygen atoms in total. The fourth-order valence-electron chi connectivity index (χ4n) is 1.89. The van der Waals surface area contributed by atoms with Gasteiger partial charge in [-0.2, -0.15) is 17.4 Å². The van der Waals surface area contributed by atoms with Crippen LogP contribution in [0.25, 0.3) is 10.8 Å². The molecule has 0 spiro atoms.